The molecule has 0 spiro atoms. The van der Waals surface area contributed by atoms with E-state index in [9.17, 15) is 13.2 Å². The molecule has 0 saturated heterocycles. The lowest BCUT2D eigenvalue weighted by Crippen LogP contribution is -2.76. The number of nitrogens with one attached hydrogen (secondary N) is 1. The van der Waals surface area contributed by atoms with Crippen LogP contribution in [0.25, 0.3) is 5.69 Å². The smallest absolute Gasteiger partial charge is 0.287 e. The van der Waals surface area contributed by atoms with Gasteiger partial charge in [-0.2, -0.15) is 15.0 Å². The van der Waals surface area contributed by atoms with Crippen molar-refractivity contribution in [3.8, 4) is 5.69 Å². The second-order valence-corrected chi connectivity index (χ2v) is 12.2. The zero-order valence-corrected chi connectivity index (χ0v) is 18.9. The molecule has 7 rings (SSSR count). The molecule has 8 nitrogen and oxygen atoms in total. The first-order valence-corrected chi connectivity index (χ1v) is 12.7. The van der Waals surface area contributed by atoms with Crippen LogP contribution in [0.4, 0.5) is 0 Å². The maximum atomic E-state index is 12.7. The van der Waals surface area contributed by atoms with Crippen LogP contribution in [0.15, 0.2) is 47.0 Å². The van der Waals surface area contributed by atoms with Gasteiger partial charge in [-0.05, 0) is 68.5 Å². The number of carbonyl (C=O) groups excluding carboxylic acids is 1. The molecule has 0 unspecified atom stereocenters. The second-order valence-electron chi connectivity index (χ2n) is 9.47. The van der Waals surface area contributed by atoms with E-state index in [2.05, 4.69) is 15.5 Å². The maximum absolute atomic E-state index is 12.7. The zero-order valence-electron chi connectivity index (χ0n) is 17.3. The first-order valence-electron chi connectivity index (χ1n) is 10.5. The van der Waals surface area contributed by atoms with Gasteiger partial charge in [0.1, 0.15) is 10.5 Å². The number of benzene rings is 1. The fraction of sp³-hybridized carbons (Fsp3) is 0.409. The highest BCUT2D eigenvalue weighted by molar-refractivity contribution is 7.91. The molecule has 32 heavy (non-hydrogen) atoms. The van der Waals surface area contributed by atoms with Crippen LogP contribution in [0.5, 0.6) is 0 Å². The molecule has 1 aromatic carbocycles. The Labute approximate surface area is 189 Å². The summed E-state index contributed by atoms with van der Waals surface area (Å²) in [6.45, 7) is 0. The standard InChI is InChI=1S/C22H21ClN4O4S/c1-32(29,30)22(8-9-22)18-7-6-16(31-18)19(28)25-21-11-20(12-21,13-21)17-10-24-27(26-17)15-4-2-14(23)3-5-15/h2-7,10H,8-9,11-13H2,1H3,(H,25,28). The molecule has 2 aromatic heterocycles. The number of aromatic nitrogens is 3. The van der Waals surface area contributed by atoms with E-state index < -0.39 is 14.6 Å². The first-order chi connectivity index (χ1) is 15.1. The highest BCUT2D eigenvalue weighted by Gasteiger charge is 2.70. The van der Waals surface area contributed by atoms with E-state index in [0.717, 1.165) is 30.6 Å². The molecule has 10 heteroatoms. The van der Waals surface area contributed by atoms with Crippen molar-refractivity contribution in [2.75, 3.05) is 6.26 Å². The molecule has 4 saturated carbocycles. The molecule has 4 fully saturated rings. The van der Waals surface area contributed by atoms with E-state index in [1.54, 1.807) is 35.3 Å². The minimum absolute atomic E-state index is 0.0549. The summed E-state index contributed by atoms with van der Waals surface area (Å²) in [5, 5.41) is 12.8. The summed E-state index contributed by atoms with van der Waals surface area (Å²) in [5.74, 6) is 0.207. The number of carbonyl (C=O) groups is 1. The lowest BCUT2D eigenvalue weighted by molar-refractivity contribution is -0.0840. The quantitative estimate of drug-likeness (QED) is 0.590. The average molecular weight is 473 g/mol. The minimum atomic E-state index is -3.28. The third-order valence-corrected chi connectivity index (χ3v) is 9.48. The monoisotopic (exact) mass is 472 g/mol. The van der Waals surface area contributed by atoms with Gasteiger partial charge in [0.2, 0.25) is 0 Å². The van der Waals surface area contributed by atoms with Gasteiger partial charge in [0.25, 0.3) is 5.91 Å². The Hall–Kier alpha value is -2.65. The van der Waals surface area contributed by atoms with E-state index in [0.29, 0.717) is 23.6 Å². The fourth-order valence-electron chi connectivity index (χ4n) is 5.32. The summed E-state index contributed by atoms with van der Waals surface area (Å²) in [7, 11) is -3.28. The Morgan fingerprint density at radius 3 is 2.44 bits per heavy atom. The van der Waals surface area contributed by atoms with Crippen molar-refractivity contribution in [1.82, 2.24) is 20.3 Å². The van der Waals surface area contributed by atoms with Crippen molar-refractivity contribution in [3.63, 3.8) is 0 Å². The number of rotatable bonds is 6. The number of amides is 1. The minimum Gasteiger partial charge on any atom is -0.454 e. The third kappa shape index (κ3) is 2.80. The van der Waals surface area contributed by atoms with Crippen LogP contribution >= 0.6 is 11.6 Å². The van der Waals surface area contributed by atoms with Crippen LogP contribution in [0.1, 0.15) is 54.1 Å². The Balaban J connectivity index is 1.12. The molecule has 2 bridgehead atoms. The van der Waals surface area contributed by atoms with E-state index in [1.807, 2.05) is 12.1 Å². The summed E-state index contributed by atoms with van der Waals surface area (Å²) in [4.78, 5) is 14.3. The van der Waals surface area contributed by atoms with Crippen LogP contribution in [-0.4, -0.2) is 41.1 Å². The number of furan rings is 1. The highest BCUT2D eigenvalue weighted by atomic mass is 35.5. The summed E-state index contributed by atoms with van der Waals surface area (Å²) in [6, 6.07) is 10.5. The molecule has 4 aliphatic rings. The molecule has 0 radical (unpaired) electrons. The zero-order chi connectivity index (χ0) is 22.4. The van der Waals surface area contributed by atoms with E-state index >= 15 is 0 Å². The predicted octanol–water partition coefficient (Wildman–Crippen LogP) is 3.15. The number of sulfone groups is 1. The van der Waals surface area contributed by atoms with Crippen LogP contribution in [-0.2, 0) is 20.0 Å². The fourth-order valence-corrected chi connectivity index (χ4v) is 6.76. The molecule has 0 aliphatic heterocycles. The third-order valence-electron chi connectivity index (χ3n) is 7.19. The average Bonchev–Trinajstić information content (AvgIpc) is 3.14. The molecule has 2 heterocycles. The first kappa shape index (κ1) is 20.0. The van der Waals surface area contributed by atoms with Crippen molar-refractivity contribution in [2.24, 2.45) is 0 Å². The number of hydrogen-bond donors (Lipinski definition) is 1. The summed E-state index contributed by atoms with van der Waals surface area (Å²) in [6.07, 6.45) is 6.46. The van der Waals surface area contributed by atoms with Gasteiger partial charge in [-0.15, -0.1) is 0 Å². The van der Waals surface area contributed by atoms with Gasteiger partial charge < -0.3 is 9.73 Å². The summed E-state index contributed by atoms with van der Waals surface area (Å²) < 4.78 is 28.9. The molecular weight excluding hydrogens is 452 g/mol. The van der Waals surface area contributed by atoms with Gasteiger partial charge in [-0.3, -0.25) is 4.79 Å². The van der Waals surface area contributed by atoms with Crippen LogP contribution in [0.2, 0.25) is 5.02 Å². The molecule has 1 N–H and O–H groups in total. The van der Waals surface area contributed by atoms with Gasteiger partial charge in [-0.1, -0.05) is 11.6 Å². The number of nitrogens with zero attached hydrogens (tertiary/aromatic N) is 3. The molecule has 1 amide bonds. The van der Waals surface area contributed by atoms with E-state index in [4.69, 9.17) is 16.0 Å². The number of halogens is 1. The van der Waals surface area contributed by atoms with Crippen molar-refractivity contribution >= 4 is 27.3 Å². The lowest BCUT2D eigenvalue weighted by atomic mass is 9.38. The predicted molar refractivity (Wildman–Crippen MR) is 117 cm³/mol. The summed E-state index contributed by atoms with van der Waals surface area (Å²) in [5.41, 5.74) is 1.45. The molecular formula is C22H21ClN4O4S. The van der Waals surface area contributed by atoms with Gasteiger partial charge in [-0.25, -0.2) is 8.42 Å². The van der Waals surface area contributed by atoms with E-state index in [1.165, 1.54) is 6.26 Å². The Kier molecular flexibility index (Phi) is 3.89. The Morgan fingerprint density at radius 2 is 1.81 bits per heavy atom. The van der Waals surface area contributed by atoms with Crippen molar-refractivity contribution < 1.29 is 17.6 Å². The SMILES string of the molecule is CS(=O)(=O)C1(c2ccc(C(=O)NC34CC(c5cnn(-c6ccc(Cl)cc6)n5)(C3)C4)o2)CC1. The number of hydrogen-bond acceptors (Lipinski definition) is 6. The Bertz CT molecular complexity index is 1330. The molecule has 3 aromatic rings. The van der Waals surface area contributed by atoms with Gasteiger partial charge in [0, 0.05) is 22.2 Å². The second kappa shape index (κ2) is 6.23. The van der Waals surface area contributed by atoms with Crippen LogP contribution in [0, 0.1) is 0 Å². The largest absolute Gasteiger partial charge is 0.454 e. The van der Waals surface area contributed by atoms with Crippen molar-refractivity contribution in [2.45, 2.75) is 47.8 Å². The van der Waals surface area contributed by atoms with Crippen LogP contribution in [0.3, 0.4) is 0 Å². The normalized spacial score (nSPS) is 27.3. The van der Waals surface area contributed by atoms with Gasteiger partial charge >= 0.3 is 0 Å². The summed E-state index contributed by atoms with van der Waals surface area (Å²) >= 11 is 5.94. The molecule has 166 valence electrons. The van der Waals surface area contributed by atoms with Gasteiger partial charge in [0.05, 0.1) is 17.6 Å². The van der Waals surface area contributed by atoms with Crippen molar-refractivity contribution in [1.29, 1.82) is 0 Å². The van der Waals surface area contributed by atoms with Gasteiger partial charge in [0.15, 0.2) is 15.6 Å². The van der Waals surface area contributed by atoms with E-state index in [-0.39, 0.29) is 22.6 Å². The lowest BCUT2D eigenvalue weighted by Gasteiger charge is -2.69. The topological polar surface area (TPSA) is 107 Å². The Morgan fingerprint density at radius 1 is 1.12 bits per heavy atom. The van der Waals surface area contributed by atoms with Crippen LogP contribution < -0.4 is 5.32 Å². The highest BCUT2D eigenvalue weighted by Crippen LogP contribution is 2.67. The maximum Gasteiger partial charge on any atom is 0.287 e. The molecule has 0 atom stereocenters. The molecule has 4 aliphatic carbocycles. The van der Waals surface area contributed by atoms with Crippen molar-refractivity contribution in [3.05, 3.63) is 64.8 Å².